The quantitative estimate of drug-likeness (QED) is 0.731. The number of hydrogen-bond acceptors (Lipinski definition) is 2. The normalized spacial score (nSPS) is 10.5. The molecule has 0 unspecified atom stereocenters. The third kappa shape index (κ3) is 6.09. The molecule has 1 rings (SSSR count). The molecule has 2 heteroatoms. The molecule has 0 aromatic heterocycles. The van der Waals surface area contributed by atoms with Crippen LogP contribution >= 0.6 is 0 Å². The minimum absolute atomic E-state index is 0.591. The molecule has 0 bridgehead atoms. The summed E-state index contributed by atoms with van der Waals surface area (Å²) in [5, 5.41) is 11.7. The first-order chi connectivity index (χ1) is 8.22. The van der Waals surface area contributed by atoms with Crippen molar-refractivity contribution in [3.63, 3.8) is 0 Å². The fraction of sp³-hybridized carbons (Fsp3) is 0.533. The Kier molecular flexibility index (Phi) is 6.35. The van der Waals surface area contributed by atoms with Gasteiger partial charge in [-0.3, -0.25) is 0 Å². The van der Waals surface area contributed by atoms with E-state index >= 15 is 0 Å². The predicted octanol–water partition coefficient (Wildman–Crippen LogP) is 2.93. The van der Waals surface area contributed by atoms with E-state index in [0.717, 1.165) is 25.9 Å². The summed E-state index contributed by atoms with van der Waals surface area (Å²) in [7, 11) is 0. The maximum Gasteiger partial charge on any atom is 0.0635 e. The minimum atomic E-state index is 0.591. The van der Waals surface area contributed by atoms with Crippen molar-refractivity contribution >= 4 is 0 Å². The molecule has 17 heavy (non-hydrogen) atoms. The summed E-state index contributed by atoms with van der Waals surface area (Å²) >= 11 is 0. The van der Waals surface area contributed by atoms with Gasteiger partial charge >= 0.3 is 0 Å². The lowest BCUT2D eigenvalue weighted by Crippen LogP contribution is -2.18. The molecule has 92 valence electrons. The summed E-state index contributed by atoms with van der Waals surface area (Å²) in [4.78, 5) is 0. The Morgan fingerprint density at radius 2 is 1.76 bits per heavy atom. The average molecular weight is 230 g/mol. The van der Waals surface area contributed by atoms with Crippen molar-refractivity contribution in [1.82, 2.24) is 5.32 Å². The van der Waals surface area contributed by atoms with E-state index in [4.69, 9.17) is 5.26 Å². The van der Waals surface area contributed by atoms with Crippen LogP contribution < -0.4 is 5.32 Å². The van der Waals surface area contributed by atoms with Crippen molar-refractivity contribution < 1.29 is 0 Å². The third-order valence-corrected chi connectivity index (χ3v) is 2.67. The van der Waals surface area contributed by atoms with Crippen LogP contribution in [0.4, 0.5) is 0 Å². The predicted molar refractivity (Wildman–Crippen MR) is 71.8 cm³/mol. The van der Waals surface area contributed by atoms with E-state index in [2.05, 4.69) is 49.5 Å². The summed E-state index contributed by atoms with van der Waals surface area (Å²) in [6, 6.07) is 11.0. The van der Waals surface area contributed by atoms with E-state index in [1.165, 1.54) is 11.1 Å². The van der Waals surface area contributed by atoms with Crippen molar-refractivity contribution in [1.29, 1.82) is 5.26 Å². The summed E-state index contributed by atoms with van der Waals surface area (Å²) in [5.41, 5.74) is 2.78. The molecule has 0 atom stereocenters. The van der Waals surface area contributed by atoms with Crippen LogP contribution in [0.2, 0.25) is 0 Å². The highest BCUT2D eigenvalue weighted by Crippen LogP contribution is 2.09. The molecule has 0 saturated carbocycles. The Morgan fingerprint density at radius 1 is 1.12 bits per heavy atom. The summed E-state index contributed by atoms with van der Waals surface area (Å²) < 4.78 is 0. The van der Waals surface area contributed by atoms with E-state index in [-0.39, 0.29) is 0 Å². The molecule has 1 aromatic rings. The summed E-state index contributed by atoms with van der Waals surface area (Å²) in [6.45, 7) is 6.23. The van der Waals surface area contributed by atoms with E-state index in [0.29, 0.717) is 12.3 Å². The molecule has 1 aromatic carbocycles. The van der Waals surface area contributed by atoms with Crippen molar-refractivity contribution in [3.8, 4) is 6.07 Å². The zero-order chi connectivity index (χ0) is 12.5. The van der Waals surface area contributed by atoms with E-state index in [9.17, 15) is 0 Å². The topological polar surface area (TPSA) is 35.8 Å². The van der Waals surface area contributed by atoms with Gasteiger partial charge in [-0.15, -0.1) is 0 Å². The van der Waals surface area contributed by atoms with Crippen molar-refractivity contribution in [2.24, 2.45) is 5.92 Å². The summed E-state index contributed by atoms with van der Waals surface area (Å²) in [6.07, 6.45) is 2.78. The van der Waals surface area contributed by atoms with E-state index in [1.54, 1.807) is 0 Å². The highest BCUT2D eigenvalue weighted by atomic mass is 14.8. The van der Waals surface area contributed by atoms with Crippen LogP contribution in [0.15, 0.2) is 24.3 Å². The SMILES string of the molecule is CC(C)Cc1ccc(CCNCCC#N)cc1. The smallest absolute Gasteiger partial charge is 0.0635 e. The minimum Gasteiger partial charge on any atom is -0.315 e. The molecule has 0 radical (unpaired) electrons. The lowest BCUT2D eigenvalue weighted by Gasteiger charge is -2.07. The Balaban J connectivity index is 2.28. The van der Waals surface area contributed by atoms with Gasteiger partial charge in [0.05, 0.1) is 6.07 Å². The van der Waals surface area contributed by atoms with Crippen LogP contribution in [0.25, 0.3) is 0 Å². The van der Waals surface area contributed by atoms with Crippen LogP contribution in [0, 0.1) is 17.2 Å². The van der Waals surface area contributed by atoms with Gasteiger partial charge in [0.25, 0.3) is 0 Å². The monoisotopic (exact) mass is 230 g/mol. The molecule has 1 N–H and O–H groups in total. The lowest BCUT2D eigenvalue weighted by molar-refractivity contribution is 0.646. The van der Waals surface area contributed by atoms with Gasteiger partial charge in [0.1, 0.15) is 0 Å². The lowest BCUT2D eigenvalue weighted by atomic mass is 10.0. The Labute approximate surface area is 105 Å². The number of nitrogens with one attached hydrogen (secondary N) is 1. The number of nitriles is 1. The van der Waals surface area contributed by atoms with Gasteiger partial charge < -0.3 is 5.32 Å². The van der Waals surface area contributed by atoms with Gasteiger partial charge in [0, 0.05) is 13.0 Å². The first-order valence-corrected chi connectivity index (χ1v) is 6.38. The van der Waals surface area contributed by atoms with Gasteiger partial charge in [-0.2, -0.15) is 5.26 Å². The Bertz CT molecular complexity index is 346. The third-order valence-electron chi connectivity index (χ3n) is 2.67. The summed E-state index contributed by atoms with van der Waals surface area (Å²) in [5.74, 6) is 0.716. The highest BCUT2D eigenvalue weighted by Gasteiger charge is 1.98. The van der Waals surface area contributed by atoms with Gasteiger partial charge in [-0.1, -0.05) is 38.1 Å². The highest BCUT2D eigenvalue weighted by molar-refractivity contribution is 5.23. The molecule has 0 spiro atoms. The van der Waals surface area contributed by atoms with Crippen molar-refractivity contribution in [3.05, 3.63) is 35.4 Å². The van der Waals surface area contributed by atoms with Crippen molar-refractivity contribution in [2.75, 3.05) is 13.1 Å². The van der Waals surface area contributed by atoms with Crippen LogP contribution in [0.5, 0.6) is 0 Å². The van der Waals surface area contributed by atoms with Gasteiger partial charge in [-0.05, 0) is 36.4 Å². The molecular weight excluding hydrogens is 208 g/mol. The van der Waals surface area contributed by atoms with Gasteiger partial charge in [-0.25, -0.2) is 0 Å². The maximum atomic E-state index is 8.40. The molecule has 0 heterocycles. The standard InChI is InChI=1S/C15H22N2/c1-13(2)12-15-6-4-14(5-7-15)8-11-17-10-3-9-16/h4-7,13,17H,3,8,10-12H2,1-2H3. The zero-order valence-electron chi connectivity index (χ0n) is 10.9. The Hall–Kier alpha value is -1.33. The average Bonchev–Trinajstić information content (AvgIpc) is 2.30. The fourth-order valence-corrected chi connectivity index (χ4v) is 1.82. The van der Waals surface area contributed by atoms with Gasteiger partial charge in [0.15, 0.2) is 0 Å². The number of nitrogens with zero attached hydrogens (tertiary/aromatic N) is 1. The van der Waals surface area contributed by atoms with Crippen LogP contribution in [0.1, 0.15) is 31.4 Å². The second kappa shape index (κ2) is 7.86. The molecule has 2 nitrogen and oxygen atoms in total. The second-order valence-corrected chi connectivity index (χ2v) is 4.82. The van der Waals surface area contributed by atoms with Crippen LogP contribution in [-0.4, -0.2) is 13.1 Å². The molecule has 0 aliphatic rings. The molecule has 0 saturated heterocycles. The van der Waals surface area contributed by atoms with E-state index < -0.39 is 0 Å². The molecule has 0 amide bonds. The fourth-order valence-electron chi connectivity index (χ4n) is 1.82. The maximum absolute atomic E-state index is 8.40. The second-order valence-electron chi connectivity index (χ2n) is 4.82. The molecule has 0 aliphatic heterocycles. The van der Waals surface area contributed by atoms with Crippen LogP contribution in [0.3, 0.4) is 0 Å². The molecule has 0 aliphatic carbocycles. The van der Waals surface area contributed by atoms with Gasteiger partial charge in [0.2, 0.25) is 0 Å². The first kappa shape index (κ1) is 13.7. The Morgan fingerprint density at radius 3 is 2.35 bits per heavy atom. The zero-order valence-corrected chi connectivity index (χ0v) is 10.9. The van der Waals surface area contributed by atoms with E-state index in [1.807, 2.05) is 0 Å². The molecular formula is C15H22N2. The number of rotatable bonds is 7. The molecule has 0 fully saturated rings. The largest absolute Gasteiger partial charge is 0.315 e. The number of benzene rings is 1. The number of hydrogen-bond donors (Lipinski definition) is 1. The van der Waals surface area contributed by atoms with Crippen molar-refractivity contribution in [2.45, 2.75) is 33.1 Å². The van der Waals surface area contributed by atoms with Crippen LogP contribution in [-0.2, 0) is 12.8 Å². The first-order valence-electron chi connectivity index (χ1n) is 6.38.